The number of nitrogens with zero attached hydrogens (tertiary/aromatic N) is 4. The second-order valence-corrected chi connectivity index (χ2v) is 12.7. The molecular weight excluding hydrogens is 608 g/mol. The number of fused-ring (bicyclic) bond motifs is 1. The van der Waals surface area contributed by atoms with Crippen molar-refractivity contribution in [1.29, 1.82) is 0 Å². The lowest BCUT2D eigenvalue weighted by Gasteiger charge is -2.21. The Hall–Kier alpha value is -3.70. The highest BCUT2D eigenvalue weighted by atomic mass is 79.9. The van der Waals surface area contributed by atoms with Crippen molar-refractivity contribution in [3.8, 4) is 0 Å². The number of thiazole rings is 1. The number of carbonyl (C=O) groups is 1. The molecule has 0 fully saturated rings. The molecule has 5 rings (SSSR count). The van der Waals surface area contributed by atoms with Crippen molar-refractivity contribution >= 4 is 64.8 Å². The molecule has 0 aliphatic heterocycles. The molecule has 1 aromatic heterocycles. The third kappa shape index (κ3) is 6.20. The van der Waals surface area contributed by atoms with Crippen molar-refractivity contribution < 1.29 is 13.2 Å². The lowest BCUT2D eigenvalue weighted by Crippen LogP contribution is -2.30. The average Bonchev–Trinajstić information content (AvgIpc) is 3.39. The largest absolute Gasteiger partial charge is 0.280 e. The van der Waals surface area contributed by atoms with Gasteiger partial charge in [0.15, 0.2) is 0 Å². The molecule has 0 atom stereocenters. The molecule has 7 nitrogen and oxygen atoms in total. The van der Waals surface area contributed by atoms with Crippen LogP contribution in [-0.4, -0.2) is 36.4 Å². The number of anilines is 1. The van der Waals surface area contributed by atoms with E-state index in [2.05, 4.69) is 26.0 Å². The lowest BCUT2D eigenvalue weighted by molar-refractivity contribution is 0.0987. The van der Waals surface area contributed by atoms with Gasteiger partial charge in [-0.15, -0.1) is 0 Å². The number of benzene rings is 4. The molecule has 0 saturated heterocycles. The van der Waals surface area contributed by atoms with E-state index in [4.69, 9.17) is 0 Å². The van der Waals surface area contributed by atoms with Crippen LogP contribution in [0, 0.1) is 0 Å². The SMILES string of the molecule is CCN(Cc1ccccc1)S(=O)(=O)c1ccc(C(=O)N(/N=C/c2ccccc2)c2nc3ccc(Br)cc3s2)cc1. The first-order valence-corrected chi connectivity index (χ1v) is 15.5. The van der Waals surface area contributed by atoms with Gasteiger partial charge in [0.05, 0.1) is 21.3 Å². The minimum absolute atomic E-state index is 0.117. The van der Waals surface area contributed by atoms with E-state index >= 15 is 0 Å². The Morgan fingerprint density at radius 1 is 0.950 bits per heavy atom. The van der Waals surface area contributed by atoms with E-state index in [9.17, 15) is 13.2 Å². The van der Waals surface area contributed by atoms with Crippen LogP contribution >= 0.6 is 27.3 Å². The van der Waals surface area contributed by atoms with Crippen molar-refractivity contribution in [2.45, 2.75) is 18.4 Å². The van der Waals surface area contributed by atoms with E-state index in [1.165, 1.54) is 44.9 Å². The summed E-state index contributed by atoms with van der Waals surface area (Å²) in [6.45, 7) is 2.38. The van der Waals surface area contributed by atoms with Gasteiger partial charge in [0.1, 0.15) is 0 Å². The molecule has 0 spiro atoms. The molecule has 0 radical (unpaired) electrons. The maximum absolute atomic E-state index is 13.7. The van der Waals surface area contributed by atoms with Crippen molar-refractivity contribution in [1.82, 2.24) is 9.29 Å². The summed E-state index contributed by atoms with van der Waals surface area (Å²) in [4.78, 5) is 18.5. The van der Waals surface area contributed by atoms with Gasteiger partial charge in [-0.25, -0.2) is 13.4 Å². The van der Waals surface area contributed by atoms with Crippen molar-refractivity contribution in [3.05, 3.63) is 124 Å². The molecule has 40 heavy (non-hydrogen) atoms. The van der Waals surface area contributed by atoms with Gasteiger partial charge in [-0.3, -0.25) is 4.79 Å². The van der Waals surface area contributed by atoms with E-state index in [-0.39, 0.29) is 17.0 Å². The monoisotopic (exact) mass is 632 g/mol. The van der Waals surface area contributed by atoms with Gasteiger partial charge in [-0.05, 0) is 53.6 Å². The third-order valence-corrected chi connectivity index (χ3v) is 9.55. The summed E-state index contributed by atoms with van der Waals surface area (Å²) in [7, 11) is -3.77. The quantitative estimate of drug-likeness (QED) is 0.130. The van der Waals surface area contributed by atoms with Crippen LogP contribution in [0.5, 0.6) is 0 Å². The number of amides is 1. The summed E-state index contributed by atoms with van der Waals surface area (Å²) < 4.78 is 30.0. The van der Waals surface area contributed by atoms with Crippen molar-refractivity contribution in [3.63, 3.8) is 0 Å². The van der Waals surface area contributed by atoms with Gasteiger partial charge in [-0.1, -0.05) is 94.9 Å². The maximum Gasteiger partial charge on any atom is 0.280 e. The van der Waals surface area contributed by atoms with E-state index < -0.39 is 15.9 Å². The van der Waals surface area contributed by atoms with Crippen molar-refractivity contribution in [2.24, 2.45) is 5.10 Å². The van der Waals surface area contributed by atoms with Gasteiger partial charge < -0.3 is 0 Å². The highest BCUT2D eigenvalue weighted by Gasteiger charge is 2.25. The number of hydrogen-bond donors (Lipinski definition) is 0. The number of carbonyl (C=O) groups excluding carboxylic acids is 1. The predicted molar refractivity (Wildman–Crippen MR) is 164 cm³/mol. The predicted octanol–water partition coefficient (Wildman–Crippen LogP) is 6.95. The fraction of sp³-hybridized carbons (Fsp3) is 0.100. The van der Waals surface area contributed by atoms with Crippen LogP contribution in [0.25, 0.3) is 10.2 Å². The first-order chi connectivity index (χ1) is 19.3. The standard InChI is InChI=1S/C30H25BrN4O3S2/c1-2-34(21-23-11-7-4-8-12-23)40(37,38)26-16-13-24(14-17-26)29(36)35(32-20-22-9-5-3-6-10-22)30-33-27-18-15-25(31)19-28(27)39-30/h3-20H,2,21H2,1H3/b32-20+. The van der Waals surface area contributed by atoms with Crippen molar-refractivity contribution in [2.75, 3.05) is 11.6 Å². The Bertz CT molecular complexity index is 1760. The Kier molecular flexibility index (Phi) is 8.51. The van der Waals surface area contributed by atoms with Crippen LogP contribution in [0.4, 0.5) is 5.13 Å². The summed E-state index contributed by atoms with van der Waals surface area (Å²) in [6.07, 6.45) is 1.60. The van der Waals surface area contributed by atoms with Crippen LogP contribution in [0.15, 0.2) is 118 Å². The molecule has 0 saturated carbocycles. The van der Waals surface area contributed by atoms with E-state index in [1.807, 2.05) is 78.9 Å². The van der Waals surface area contributed by atoms with Crippen LogP contribution in [0.3, 0.4) is 0 Å². The lowest BCUT2D eigenvalue weighted by atomic mass is 10.2. The zero-order valence-electron chi connectivity index (χ0n) is 21.5. The third-order valence-electron chi connectivity index (χ3n) is 6.13. The van der Waals surface area contributed by atoms with E-state index in [0.29, 0.717) is 11.7 Å². The molecule has 1 amide bonds. The average molecular weight is 634 g/mol. The normalized spacial score (nSPS) is 11.9. The number of hydrogen-bond acceptors (Lipinski definition) is 6. The van der Waals surface area contributed by atoms with Gasteiger partial charge >= 0.3 is 0 Å². The minimum Gasteiger partial charge on any atom is -0.267 e. The van der Waals surface area contributed by atoms with Gasteiger partial charge in [-0.2, -0.15) is 14.4 Å². The van der Waals surface area contributed by atoms with Crippen LogP contribution in [0.2, 0.25) is 0 Å². The summed E-state index contributed by atoms with van der Waals surface area (Å²) in [5, 5.41) is 6.14. The first-order valence-electron chi connectivity index (χ1n) is 12.5. The molecule has 10 heteroatoms. The summed E-state index contributed by atoms with van der Waals surface area (Å²) in [6, 6.07) is 30.6. The van der Waals surface area contributed by atoms with Crippen LogP contribution in [-0.2, 0) is 16.6 Å². The highest BCUT2D eigenvalue weighted by Crippen LogP contribution is 2.32. The Labute approximate surface area is 245 Å². The fourth-order valence-electron chi connectivity index (χ4n) is 4.02. The summed E-state index contributed by atoms with van der Waals surface area (Å²) in [5.74, 6) is -0.425. The number of hydrazone groups is 1. The van der Waals surface area contributed by atoms with Gasteiger partial charge in [0.2, 0.25) is 15.2 Å². The first kappa shape index (κ1) is 27.9. The number of rotatable bonds is 9. The highest BCUT2D eigenvalue weighted by molar-refractivity contribution is 9.10. The molecule has 0 aliphatic rings. The summed E-state index contributed by atoms with van der Waals surface area (Å²) in [5.41, 5.74) is 2.75. The molecule has 4 aromatic carbocycles. The minimum atomic E-state index is -3.77. The number of aromatic nitrogens is 1. The fourth-order valence-corrected chi connectivity index (χ4v) is 6.93. The topological polar surface area (TPSA) is 82.9 Å². The summed E-state index contributed by atoms with van der Waals surface area (Å²) >= 11 is 4.82. The maximum atomic E-state index is 13.7. The Morgan fingerprint density at radius 3 is 2.30 bits per heavy atom. The second kappa shape index (κ2) is 12.2. The number of halogens is 1. The zero-order chi connectivity index (χ0) is 28.1. The molecule has 202 valence electrons. The van der Waals surface area contributed by atoms with Crippen LogP contribution in [0.1, 0.15) is 28.4 Å². The molecule has 0 N–H and O–H groups in total. The number of sulfonamides is 1. The van der Waals surface area contributed by atoms with E-state index in [0.717, 1.165) is 25.8 Å². The Morgan fingerprint density at radius 2 is 1.62 bits per heavy atom. The van der Waals surface area contributed by atoms with E-state index in [1.54, 1.807) is 13.1 Å². The molecule has 0 unspecified atom stereocenters. The molecule has 0 aliphatic carbocycles. The molecule has 1 heterocycles. The molecule has 5 aromatic rings. The zero-order valence-corrected chi connectivity index (χ0v) is 24.7. The smallest absolute Gasteiger partial charge is 0.267 e. The van der Waals surface area contributed by atoms with Gasteiger partial charge in [0, 0.05) is 23.1 Å². The molecular formula is C30H25BrN4O3S2. The Balaban J connectivity index is 1.45. The van der Waals surface area contributed by atoms with Gasteiger partial charge in [0.25, 0.3) is 5.91 Å². The molecule has 0 bridgehead atoms. The second-order valence-electron chi connectivity index (χ2n) is 8.82. The van der Waals surface area contributed by atoms with Crippen LogP contribution < -0.4 is 5.01 Å².